The molecule has 4 rings (SSSR count). The number of ether oxygens (including phenoxy) is 1. The van der Waals surface area contributed by atoms with E-state index < -0.39 is 5.41 Å². The van der Waals surface area contributed by atoms with Crippen molar-refractivity contribution in [3.63, 3.8) is 0 Å². The van der Waals surface area contributed by atoms with Crippen LogP contribution in [0.1, 0.15) is 31.0 Å². The lowest BCUT2D eigenvalue weighted by molar-refractivity contribution is -0.118. The Morgan fingerprint density at radius 2 is 1.68 bits per heavy atom. The Kier molecular flexibility index (Phi) is 4.63. The van der Waals surface area contributed by atoms with Crippen LogP contribution < -0.4 is 10.1 Å². The molecule has 1 fully saturated rings. The maximum Gasteiger partial charge on any atom is 0.236 e. The number of anilines is 1. The molecular weight excluding hydrogens is 348 g/mol. The minimum Gasteiger partial charge on any atom is -0.497 e. The normalized spacial score (nSPS) is 14.4. The molecule has 1 saturated carbocycles. The van der Waals surface area contributed by atoms with Crippen LogP contribution in [0.25, 0.3) is 11.3 Å². The zero-order valence-electron chi connectivity index (χ0n) is 16.5. The zero-order valence-corrected chi connectivity index (χ0v) is 16.5. The number of methoxy groups -OCH3 is 1. The van der Waals surface area contributed by atoms with E-state index in [0.29, 0.717) is 5.82 Å². The summed E-state index contributed by atoms with van der Waals surface area (Å²) in [5.74, 6) is 1.39. The van der Waals surface area contributed by atoms with E-state index in [2.05, 4.69) is 36.5 Å². The summed E-state index contributed by atoms with van der Waals surface area (Å²) in [4.78, 5) is 17.8. The maximum absolute atomic E-state index is 13.0. The minimum absolute atomic E-state index is 0. The molecule has 0 unspecified atom stereocenters. The Labute approximate surface area is 167 Å². The molecule has 1 aromatic heterocycles. The first-order valence-electron chi connectivity index (χ1n) is 9.52. The number of aryl methyl sites for hydroxylation is 2. The molecule has 0 aliphatic heterocycles. The molecule has 28 heavy (non-hydrogen) atoms. The predicted molar refractivity (Wildman–Crippen MR) is 114 cm³/mol. The van der Waals surface area contributed by atoms with Crippen molar-refractivity contribution in [2.75, 3.05) is 12.4 Å². The monoisotopic (exact) mass is 374 g/mol. The van der Waals surface area contributed by atoms with Crippen LogP contribution in [0.4, 0.5) is 5.82 Å². The highest BCUT2D eigenvalue weighted by Gasteiger charge is 2.51. The van der Waals surface area contributed by atoms with Gasteiger partial charge in [-0.1, -0.05) is 48.0 Å². The zero-order chi connectivity index (χ0) is 19.7. The van der Waals surface area contributed by atoms with Crippen LogP contribution in [0.5, 0.6) is 5.75 Å². The van der Waals surface area contributed by atoms with Gasteiger partial charge in [-0.05, 0) is 56.0 Å². The number of nitrogens with one attached hydrogen (secondary N) is 1. The lowest BCUT2D eigenvalue weighted by Gasteiger charge is -2.17. The number of carbonyl (C=O) groups excluding carboxylic acids is 1. The van der Waals surface area contributed by atoms with E-state index >= 15 is 0 Å². The highest BCUT2D eigenvalue weighted by molar-refractivity contribution is 6.01. The van der Waals surface area contributed by atoms with Gasteiger partial charge in [0.1, 0.15) is 11.6 Å². The second-order valence-corrected chi connectivity index (χ2v) is 7.49. The van der Waals surface area contributed by atoms with Crippen molar-refractivity contribution in [1.82, 2.24) is 4.98 Å². The number of amides is 1. The van der Waals surface area contributed by atoms with Gasteiger partial charge in [-0.2, -0.15) is 0 Å². The number of hydrogen-bond donors (Lipinski definition) is 1. The van der Waals surface area contributed by atoms with Crippen molar-refractivity contribution in [1.29, 1.82) is 0 Å². The molecule has 4 nitrogen and oxygen atoms in total. The average Bonchev–Trinajstić information content (AvgIpc) is 3.52. The average molecular weight is 374 g/mol. The Morgan fingerprint density at radius 3 is 2.29 bits per heavy atom. The Bertz CT molecular complexity index is 1010. The van der Waals surface area contributed by atoms with Crippen molar-refractivity contribution in [3.05, 3.63) is 77.4 Å². The quantitative estimate of drug-likeness (QED) is 0.660. The molecule has 1 aliphatic carbocycles. The molecule has 1 aliphatic rings. The topological polar surface area (TPSA) is 51.2 Å². The number of rotatable bonds is 5. The summed E-state index contributed by atoms with van der Waals surface area (Å²) >= 11 is 0. The van der Waals surface area contributed by atoms with Gasteiger partial charge in [-0.25, -0.2) is 4.98 Å². The second-order valence-electron chi connectivity index (χ2n) is 7.49. The molecule has 0 saturated heterocycles. The second kappa shape index (κ2) is 7.12. The third kappa shape index (κ3) is 3.38. The molecule has 0 radical (unpaired) electrons. The van der Waals surface area contributed by atoms with Crippen molar-refractivity contribution >= 4 is 11.7 Å². The number of aromatic nitrogens is 1. The van der Waals surface area contributed by atoms with E-state index in [1.165, 1.54) is 5.56 Å². The summed E-state index contributed by atoms with van der Waals surface area (Å²) in [6.07, 6.45) is 1.70. The van der Waals surface area contributed by atoms with E-state index in [1.807, 2.05) is 43.3 Å². The maximum atomic E-state index is 13.0. The molecule has 1 heterocycles. The molecule has 144 valence electrons. The SMILES string of the molecule is COc1ccc(C2(C(=O)Nc3ccc(C)c(-c4ccc(C)cc4)n3)CC2)cc1.[HH]. The van der Waals surface area contributed by atoms with Gasteiger partial charge in [-0.15, -0.1) is 0 Å². The van der Waals surface area contributed by atoms with Crippen molar-refractivity contribution in [2.24, 2.45) is 0 Å². The van der Waals surface area contributed by atoms with Crippen molar-refractivity contribution in [2.45, 2.75) is 32.1 Å². The van der Waals surface area contributed by atoms with Gasteiger partial charge in [0.25, 0.3) is 0 Å². The van der Waals surface area contributed by atoms with E-state index in [4.69, 9.17) is 9.72 Å². The summed E-state index contributed by atoms with van der Waals surface area (Å²) in [5.41, 5.74) is 4.81. The highest BCUT2D eigenvalue weighted by atomic mass is 16.5. The van der Waals surface area contributed by atoms with Gasteiger partial charge in [-0.3, -0.25) is 4.79 Å². The van der Waals surface area contributed by atoms with Crippen LogP contribution in [0, 0.1) is 13.8 Å². The minimum atomic E-state index is -0.455. The Morgan fingerprint density at radius 1 is 1.00 bits per heavy atom. The molecule has 4 heteroatoms. The van der Waals surface area contributed by atoms with Crippen LogP contribution in [0.15, 0.2) is 60.7 Å². The smallest absolute Gasteiger partial charge is 0.236 e. The van der Waals surface area contributed by atoms with Crippen LogP contribution in [0.2, 0.25) is 0 Å². The Balaban J connectivity index is 0.00000240. The summed E-state index contributed by atoms with van der Waals surface area (Å²) in [6.45, 7) is 4.10. The van der Waals surface area contributed by atoms with Crippen LogP contribution in [-0.4, -0.2) is 18.0 Å². The van der Waals surface area contributed by atoms with Crippen molar-refractivity contribution < 1.29 is 11.0 Å². The summed E-state index contributed by atoms with van der Waals surface area (Å²) in [7, 11) is 1.64. The van der Waals surface area contributed by atoms with E-state index in [-0.39, 0.29) is 7.33 Å². The summed E-state index contributed by atoms with van der Waals surface area (Å²) in [6, 6.07) is 19.9. The van der Waals surface area contributed by atoms with Crippen LogP contribution in [-0.2, 0) is 10.2 Å². The van der Waals surface area contributed by atoms with E-state index in [9.17, 15) is 4.79 Å². The third-order valence-corrected chi connectivity index (χ3v) is 5.49. The fourth-order valence-corrected chi connectivity index (χ4v) is 3.52. The molecule has 3 aromatic rings. The third-order valence-electron chi connectivity index (χ3n) is 5.49. The van der Waals surface area contributed by atoms with Gasteiger partial charge in [0, 0.05) is 6.99 Å². The van der Waals surface area contributed by atoms with Crippen LogP contribution >= 0.6 is 0 Å². The van der Waals surface area contributed by atoms with Gasteiger partial charge in [0.05, 0.1) is 18.2 Å². The summed E-state index contributed by atoms with van der Waals surface area (Å²) < 4.78 is 5.22. The fraction of sp³-hybridized carbons (Fsp3) is 0.250. The molecule has 2 aromatic carbocycles. The van der Waals surface area contributed by atoms with Crippen LogP contribution in [0.3, 0.4) is 0 Å². The first kappa shape index (κ1) is 18.2. The number of pyridine rings is 1. The van der Waals surface area contributed by atoms with Gasteiger partial charge in [0.15, 0.2) is 0 Å². The number of carbonyl (C=O) groups is 1. The molecule has 0 spiro atoms. The number of nitrogens with zero attached hydrogens (tertiary/aromatic N) is 1. The summed E-state index contributed by atoms with van der Waals surface area (Å²) in [5, 5.41) is 3.04. The standard InChI is InChI=1S/C24H24N2O2.H2/c1-16-4-7-18(8-5-16)22-17(2)6-13-21(25-22)26-23(27)24(14-15-24)19-9-11-20(28-3)12-10-19;/h4-13H,14-15H2,1-3H3,(H,25,26,27);1H. The first-order chi connectivity index (χ1) is 13.5. The lowest BCUT2D eigenvalue weighted by atomic mass is 9.95. The van der Waals surface area contributed by atoms with Gasteiger partial charge >= 0.3 is 0 Å². The van der Waals surface area contributed by atoms with E-state index in [1.54, 1.807) is 7.11 Å². The first-order valence-corrected chi connectivity index (χ1v) is 9.52. The van der Waals surface area contributed by atoms with Crippen molar-refractivity contribution in [3.8, 4) is 17.0 Å². The van der Waals surface area contributed by atoms with E-state index in [0.717, 1.165) is 41.0 Å². The Hall–Kier alpha value is -3.14. The molecule has 1 amide bonds. The largest absolute Gasteiger partial charge is 0.497 e. The lowest BCUT2D eigenvalue weighted by Crippen LogP contribution is -2.28. The van der Waals surface area contributed by atoms with Gasteiger partial charge < -0.3 is 10.1 Å². The molecular formula is C24H26N2O2. The fourth-order valence-electron chi connectivity index (χ4n) is 3.52. The highest BCUT2D eigenvalue weighted by Crippen LogP contribution is 2.49. The number of hydrogen-bond acceptors (Lipinski definition) is 3. The molecule has 0 atom stereocenters. The molecule has 1 N–H and O–H groups in total. The van der Waals surface area contributed by atoms with Gasteiger partial charge in [0.2, 0.25) is 5.91 Å². The predicted octanol–water partition coefficient (Wildman–Crippen LogP) is 5.29. The number of benzene rings is 2. The molecule has 0 bridgehead atoms.